The van der Waals surface area contributed by atoms with Gasteiger partial charge in [-0.2, -0.15) is 4.79 Å². The molecular weight excluding hydrogens is 200 g/mol. The Morgan fingerprint density at radius 1 is 1.00 bits per heavy atom. The van der Waals surface area contributed by atoms with E-state index in [9.17, 15) is 9.59 Å². The van der Waals surface area contributed by atoms with Crippen molar-refractivity contribution in [2.45, 2.75) is 39.9 Å². The van der Waals surface area contributed by atoms with Gasteiger partial charge in [-0.05, 0) is 27.7 Å². The summed E-state index contributed by atoms with van der Waals surface area (Å²) in [5.74, 6) is -2.00. The Morgan fingerprint density at radius 2 is 1.33 bits per heavy atom. The molecule has 0 saturated carbocycles. The van der Waals surface area contributed by atoms with Gasteiger partial charge in [0.15, 0.2) is 0 Å². The molecule has 0 aromatic rings. The van der Waals surface area contributed by atoms with Gasteiger partial charge in [-0.1, -0.05) is 0 Å². The van der Waals surface area contributed by atoms with E-state index < -0.39 is 29.9 Å². The second-order valence-electron chi connectivity index (χ2n) is 3.36. The SMILES string of the molecule is CC(C)OC(=O)C(=[N+]=[N-])C(=O)OC(C)C. The Labute approximate surface area is 87.8 Å². The number of esters is 2. The zero-order chi connectivity index (χ0) is 12.0. The first-order valence-electron chi connectivity index (χ1n) is 4.52. The topological polar surface area (TPSA) is 89.0 Å². The van der Waals surface area contributed by atoms with E-state index in [2.05, 4.69) is 14.3 Å². The maximum Gasteiger partial charge on any atom is 0.482 e. The molecule has 0 radical (unpaired) electrons. The fourth-order valence-electron chi connectivity index (χ4n) is 0.705. The zero-order valence-corrected chi connectivity index (χ0v) is 9.18. The zero-order valence-electron chi connectivity index (χ0n) is 9.18. The minimum Gasteiger partial charge on any atom is -0.454 e. The molecule has 0 aliphatic heterocycles. The molecule has 0 bridgehead atoms. The highest BCUT2D eigenvalue weighted by Gasteiger charge is 2.34. The maximum absolute atomic E-state index is 11.2. The molecule has 15 heavy (non-hydrogen) atoms. The number of carbonyl (C=O) groups is 2. The number of hydrogen-bond donors (Lipinski definition) is 0. The minimum atomic E-state index is -1.00. The van der Waals surface area contributed by atoms with Crippen molar-refractivity contribution in [1.29, 1.82) is 0 Å². The molecule has 6 heteroatoms. The molecule has 0 rings (SSSR count). The van der Waals surface area contributed by atoms with Crippen molar-refractivity contribution in [2.75, 3.05) is 0 Å². The molecule has 6 nitrogen and oxygen atoms in total. The summed E-state index contributed by atoms with van der Waals surface area (Å²) < 4.78 is 9.35. The van der Waals surface area contributed by atoms with Crippen LogP contribution in [0.5, 0.6) is 0 Å². The van der Waals surface area contributed by atoms with Gasteiger partial charge in [0.05, 0.1) is 12.2 Å². The maximum atomic E-state index is 11.2. The average Bonchev–Trinajstić information content (AvgIpc) is 2.01. The Balaban J connectivity index is 4.58. The molecule has 0 aliphatic carbocycles. The summed E-state index contributed by atoms with van der Waals surface area (Å²) in [6.45, 7) is 6.45. The third-order valence-electron chi connectivity index (χ3n) is 1.17. The molecule has 0 spiro atoms. The van der Waals surface area contributed by atoms with Crippen LogP contribution < -0.4 is 0 Å². The highest BCUT2D eigenvalue weighted by molar-refractivity contribution is 6.60. The summed E-state index contributed by atoms with van der Waals surface area (Å²) in [4.78, 5) is 24.9. The largest absolute Gasteiger partial charge is 0.482 e. The Kier molecular flexibility index (Phi) is 5.26. The lowest BCUT2D eigenvalue weighted by molar-refractivity contribution is -0.152. The molecule has 0 heterocycles. The van der Waals surface area contributed by atoms with Crippen LogP contribution in [0.2, 0.25) is 0 Å². The lowest BCUT2D eigenvalue weighted by atomic mass is 10.3. The quantitative estimate of drug-likeness (QED) is 0.225. The molecule has 0 aromatic heterocycles. The van der Waals surface area contributed by atoms with Crippen LogP contribution in [0.25, 0.3) is 5.53 Å². The van der Waals surface area contributed by atoms with E-state index in [4.69, 9.17) is 5.53 Å². The van der Waals surface area contributed by atoms with Gasteiger partial charge in [-0.15, -0.1) is 0 Å². The predicted molar refractivity (Wildman–Crippen MR) is 51.1 cm³/mol. The first-order valence-corrected chi connectivity index (χ1v) is 4.52. The van der Waals surface area contributed by atoms with Crippen LogP contribution >= 0.6 is 0 Å². The highest BCUT2D eigenvalue weighted by Crippen LogP contribution is 1.95. The van der Waals surface area contributed by atoms with Crippen LogP contribution in [0.15, 0.2) is 0 Å². The molecule has 0 aliphatic rings. The van der Waals surface area contributed by atoms with E-state index in [0.717, 1.165) is 0 Å². The molecule has 0 saturated heterocycles. The number of hydrogen-bond acceptors (Lipinski definition) is 4. The van der Waals surface area contributed by atoms with Gasteiger partial charge >= 0.3 is 17.7 Å². The number of carbonyl (C=O) groups excluding carboxylic acids is 2. The van der Waals surface area contributed by atoms with E-state index >= 15 is 0 Å². The van der Waals surface area contributed by atoms with Crippen LogP contribution in [0.1, 0.15) is 27.7 Å². The number of nitrogens with zero attached hydrogens (tertiary/aromatic N) is 2. The highest BCUT2D eigenvalue weighted by atomic mass is 16.6. The lowest BCUT2D eigenvalue weighted by Crippen LogP contribution is -2.32. The molecule has 0 fully saturated rings. The van der Waals surface area contributed by atoms with Gasteiger partial charge in [-0.3, -0.25) is 0 Å². The Hall–Kier alpha value is -1.68. The van der Waals surface area contributed by atoms with E-state index in [1.54, 1.807) is 27.7 Å². The molecule has 0 amide bonds. The van der Waals surface area contributed by atoms with E-state index in [0.29, 0.717) is 0 Å². The molecule has 0 N–H and O–H groups in total. The summed E-state index contributed by atoms with van der Waals surface area (Å²) in [7, 11) is 0. The fourth-order valence-corrected chi connectivity index (χ4v) is 0.705. The fraction of sp³-hybridized carbons (Fsp3) is 0.667. The normalized spacial score (nSPS) is 9.73. The van der Waals surface area contributed by atoms with Gasteiger partial charge in [0.1, 0.15) is 0 Å². The second kappa shape index (κ2) is 5.93. The van der Waals surface area contributed by atoms with E-state index in [-0.39, 0.29) is 0 Å². The predicted octanol–water partition coefficient (Wildman–Crippen LogP) is 0.560. The standard InChI is InChI=1S/C9H14N2O4/c1-5(2)14-8(12)7(11-10)9(13)15-6(3)4/h5-6H,1-4H3. The van der Waals surface area contributed by atoms with Gasteiger partial charge in [-0.25, -0.2) is 9.59 Å². The molecule has 0 aromatic carbocycles. The first-order chi connectivity index (χ1) is 6.88. The van der Waals surface area contributed by atoms with Crippen molar-refractivity contribution >= 4 is 17.7 Å². The molecular formula is C9H14N2O4. The molecule has 0 atom stereocenters. The third-order valence-corrected chi connectivity index (χ3v) is 1.17. The van der Waals surface area contributed by atoms with Crippen LogP contribution in [0.4, 0.5) is 0 Å². The number of ether oxygens (including phenoxy) is 2. The van der Waals surface area contributed by atoms with Crippen molar-refractivity contribution in [3.05, 3.63) is 5.53 Å². The van der Waals surface area contributed by atoms with Crippen molar-refractivity contribution in [3.8, 4) is 0 Å². The minimum absolute atomic E-state index is 0.402. The van der Waals surface area contributed by atoms with Crippen LogP contribution in [0, 0.1) is 0 Å². The van der Waals surface area contributed by atoms with Crippen molar-refractivity contribution < 1.29 is 23.9 Å². The first kappa shape index (κ1) is 13.3. The molecule has 0 unspecified atom stereocenters. The summed E-state index contributed by atoms with van der Waals surface area (Å²) in [5.41, 5.74) is 7.73. The van der Waals surface area contributed by atoms with E-state index in [1.165, 1.54) is 0 Å². The van der Waals surface area contributed by atoms with Gasteiger partial charge in [0.25, 0.3) is 0 Å². The summed E-state index contributed by atoms with van der Waals surface area (Å²) in [6.07, 6.45) is -0.804. The summed E-state index contributed by atoms with van der Waals surface area (Å²) in [5, 5.41) is 0. The van der Waals surface area contributed by atoms with Gasteiger partial charge in [0.2, 0.25) is 0 Å². The van der Waals surface area contributed by atoms with Crippen LogP contribution in [-0.4, -0.2) is 34.6 Å². The Bertz CT molecular complexity index is 279. The monoisotopic (exact) mass is 214 g/mol. The summed E-state index contributed by atoms with van der Waals surface area (Å²) in [6, 6.07) is 0. The number of rotatable bonds is 4. The lowest BCUT2D eigenvalue weighted by Gasteiger charge is -2.06. The average molecular weight is 214 g/mol. The smallest absolute Gasteiger partial charge is 0.454 e. The second-order valence-corrected chi connectivity index (χ2v) is 3.36. The van der Waals surface area contributed by atoms with Crippen LogP contribution in [0.3, 0.4) is 0 Å². The van der Waals surface area contributed by atoms with Crippen molar-refractivity contribution in [2.24, 2.45) is 0 Å². The van der Waals surface area contributed by atoms with Crippen molar-refractivity contribution in [3.63, 3.8) is 0 Å². The van der Waals surface area contributed by atoms with Gasteiger partial charge in [0, 0.05) is 0 Å². The molecule has 84 valence electrons. The van der Waals surface area contributed by atoms with E-state index in [1.807, 2.05) is 0 Å². The van der Waals surface area contributed by atoms with Crippen molar-refractivity contribution in [1.82, 2.24) is 0 Å². The summed E-state index contributed by atoms with van der Waals surface area (Å²) >= 11 is 0. The van der Waals surface area contributed by atoms with Gasteiger partial charge < -0.3 is 15.0 Å². The third kappa shape index (κ3) is 4.93. The Morgan fingerprint density at radius 3 is 1.53 bits per heavy atom. The van der Waals surface area contributed by atoms with Crippen LogP contribution in [-0.2, 0) is 19.1 Å².